The minimum absolute atomic E-state index is 0.0372. The Morgan fingerprint density at radius 1 is 1.25 bits per heavy atom. The van der Waals surface area contributed by atoms with Crippen molar-refractivity contribution >= 4 is 32.9 Å². The lowest BCUT2D eigenvalue weighted by Crippen LogP contribution is -2.18. The number of benzene rings is 1. The molecule has 2 N–H and O–H groups in total. The lowest BCUT2D eigenvalue weighted by molar-refractivity contribution is -0.136. The third kappa shape index (κ3) is 3.66. The van der Waals surface area contributed by atoms with E-state index in [1.807, 2.05) is 0 Å². The highest BCUT2D eigenvalue weighted by atomic mass is 35.5. The van der Waals surface area contributed by atoms with E-state index in [4.69, 9.17) is 11.6 Å². The molecule has 0 fully saturated rings. The summed E-state index contributed by atoms with van der Waals surface area (Å²) < 4.78 is 29.4. The maximum absolute atomic E-state index is 13.9. The lowest BCUT2D eigenvalue weighted by Gasteiger charge is -2.19. The Bertz CT molecular complexity index is 1480. The number of H-pyrrole nitrogens is 1. The van der Waals surface area contributed by atoms with Crippen molar-refractivity contribution in [3.05, 3.63) is 94.0 Å². The number of pyridine rings is 1. The fraction of sp³-hybridized carbons (Fsp3) is 0.130. The number of carboxylic acid groups (broad SMARTS) is 1. The number of carbonyl (C=O) groups is 1. The number of halogens is 1. The second-order valence-electron chi connectivity index (χ2n) is 7.35. The van der Waals surface area contributed by atoms with Gasteiger partial charge in [0.2, 0.25) is 0 Å². The van der Waals surface area contributed by atoms with Crippen LogP contribution in [-0.2, 0) is 21.1 Å². The standard InChI is InChI=1S/C23H18ClN3O4S/c1-14-18(11-21(28)29)20-8-7-15(12-25)13-27(20)22(14)23(19-6-3-9-26-19)32(30,31)17-5-2-4-16(24)10-17/h2-10,13,23,26H,11H2,1H3,(H,28,29). The van der Waals surface area contributed by atoms with Crippen molar-refractivity contribution in [1.82, 2.24) is 9.38 Å². The van der Waals surface area contributed by atoms with Crippen molar-refractivity contribution < 1.29 is 18.3 Å². The molecule has 0 saturated heterocycles. The first-order valence-corrected chi connectivity index (χ1v) is 11.5. The molecular weight excluding hydrogens is 450 g/mol. The minimum Gasteiger partial charge on any atom is -0.481 e. The molecule has 9 heteroatoms. The fourth-order valence-electron chi connectivity index (χ4n) is 3.99. The monoisotopic (exact) mass is 467 g/mol. The van der Waals surface area contributed by atoms with E-state index in [-0.39, 0.29) is 16.3 Å². The molecule has 4 rings (SSSR count). The number of hydrogen-bond acceptors (Lipinski definition) is 4. The topological polar surface area (TPSA) is 115 Å². The first-order chi connectivity index (χ1) is 15.2. The highest BCUT2D eigenvalue weighted by Crippen LogP contribution is 2.39. The molecular formula is C23H18ClN3O4S. The molecule has 0 saturated carbocycles. The summed E-state index contributed by atoms with van der Waals surface area (Å²) >= 11 is 6.08. The zero-order valence-electron chi connectivity index (χ0n) is 16.9. The van der Waals surface area contributed by atoms with Crippen LogP contribution in [0, 0.1) is 18.3 Å². The Hall–Kier alpha value is -3.54. The molecule has 0 aliphatic carbocycles. The van der Waals surface area contributed by atoms with E-state index in [0.29, 0.717) is 33.6 Å². The van der Waals surface area contributed by atoms with Crippen molar-refractivity contribution in [3.8, 4) is 6.07 Å². The predicted octanol–water partition coefficient (Wildman–Crippen LogP) is 4.29. The van der Waals surface area contributed by atoms with E-state index in [0.717, 1.165) is 0 Å². The van der Waals surface area contributed by atoms with Crippen LogP contribution < -0.4 is 0 Å². The number of fused-ring (bicyclic) bond motifs is 1. The smallest absolute Gasteiger partial charge is 0.307 e. The summed E-state index contributed by atoms with van der Waals surface area (Å²) in [5.74, 6) is -1.04. The van der Waals surface area contributed by atoms with Gasteiger partial charge in [0.25, 0.3) is 0 Å². The van der Waals surface area contributed by atoms with Gasteiger partial charge in [0.05, 0.1) is 22.6 Å². The van der Waals surface area contributed by atoms with E-state index in [9.17, 15) is 23.6 Å². The van der Waals surface area contributed by atoms with Crippen LogP contribution in [0.5, 0.6) is 0 Å². The van der Waals surface area contributed by atoms with E-state index in [1.165, 1.54) is 18.3 Å². The van der Waals surface area contributed by atoms with Gasteiger partial charge in [-0.2, -0.15) is 5.26 Å². The summed E-state index contributed by atoms with van der Waals surface area (Å²) in [5, 5.41) is 18.0. The van der Waals surface area contributed by atoms with Gasteiger partial charge in [0.1, 0.15) is 11.3 Å². The van der Waals surface area contributed by atoms with Gasteiger partial charge in [0, 0.05) is 28.6 Å². The van der Waals surface area contributed by atoms with Crippen molar-refractivity contribution in [2.75, 3.05) is 0 Å². The van der Waals surface area contributed by atoms with E-state index in [1.54, 1.807) is 53.9 Å². The quantitative estimate of drug-likeness (QED) is 0.439. The van der Waals surface area contributed by atoms with Gasteiger partial charge < -0.3 is 14.5 Å². The minimum atomic E-state index is -4.02. The SMILES string of the molecule is Cc1c(CC(=O)O)c2ccc(C#N)cn2c1C(c1ccc[nH]1)S(=O)(=O)c1cccc(Cl)c1. The number of nitrogens with one attached hydrogen (secondary N) is 1. The fourth-order valence-corrected chi connectivity index (χ4v) is 6.14. The second-order valence-corrected chi connectivity index (χ2v) is 9.82. The number of hydrogen-bond donors (Lipinski definition) is 2. The van der Waals surface area contributed by atoms with Gasteiger partial charge >= 0.3 is 5.97 Å². The van der Waals surface area contributed by atoms with Crippen molar-refractivity contribution in [3.63, 3.8) is 0 Å². The van der Waals surface area contributed by atoms with Crippen molar-refractivity contribution in [2.45, 2.75) is 23.5 Å². The molecule has 7 nitrogen and oxygen atoms in total. The van der Waals surface area contributed by atoms with Crippen LogP contribution in [0.3, 0.4) is 0 Å². The molecule has 3 aromatic heterocycles. The summed E-state index contributed by atoms with van der Waals surface area (Å²) in [6, 6.07) is 14.7. The van der Waals surface area contributed by atoms with Crippen LogP contribution in [0.4, 0.5) is 0 Å². The Balaban J connectivity index is 2.09. The van der Waals surface area contributed by atoms with Crippen LogP contribution in [0.25, 0.3) is 5.52 Å². The molecule has 3 heterocycles. The Morgan fingerprint density at radius 3 is 2.66 bits per heavy atom. The van der Waals surface area contributed by atoms with Gasteiger partial charge in [0.15, 0.2) is 9.84 Å². The molecule has 0 radical (unpaired) electrons. The molecule has 1 unspecified atom stereocenters. The predicted molar refractivity (Wildman–Crippen MR) is 119 cm³/mol. The first-order valence-electron chi connectivity index (χ1n) is 9.62. The van der Waals surface area contributed by atoms with E-state index < -0.39 is 21.1 Å². The summed E-state index contributed by atoms with van der Waals surface area (Å²) in [6.07, 6.45) is 2.88. The van der Waals surface area contributed by atoms with Crippen LogP contribution in [0.15, 0.2) is 65.8 Å². The summed E-state index contributed by atoms with van der Waals surface area (Å²) in [4.78, 5) is 14.6. The van der Waals surface area contributed by atoms with Crippen molar-refractivity contribution in [2.24, 2.45) is 0 Å². The maximum Gasteiger partial charge on any atom is 0.307 e. The number of aromatic nitrogens is 2. The number of nitrogens with zero attached hydrogens (tertiary/aromatic N) is 2. The molecule has 0 aliphatic heterocycles. The van der Waals surface area contributed by atoms with E-state index in [2.05, 4.69) is 11.1 Å². The van der Waals surface area contributed by atoms with E-state index >= 15 is 0 Å². The molecule has 0 amide bonds. The number of nitriles is 1. The second kappa shape index (κ2) is 8.19. The van der Waals surface area contributed by atoms with Gasteiger partial charge in [-0.25, -0.2) is 8.42 Å². The summed E-state index contributed by atoms with van der Waals surface area (Å²) in [5.41, 5.74) is 2.67. The number of aromatic amines is 1. The summed E-state index contributed by atoms with van der Waals surface area (Å²) in [6.45, 7) is 1.70. The third-order valence-electron chi connectivity index (χ3n) is 5.40. The van der Waals surface area contributed by atoms with Crippen LogP contribution >= 0.6 is 11.6 Å². The first kappa shape index (κ1) is 21.7. The molecule has 162 valence electrons. The Morgan fingerprint density at radius 2 is 2.03 bits per heavy atom. The third-order valence-corrected chi connectivity index (χ3v) is 7.64. The molecule has 4 aromatic rings. The molecule has 0 aliphatic rings. The maximum atomic E-state index is 13.9. The molecule has 0 bridgehead atoms. The van der Waals surface area contributed by atoms with Gasteiger partial charge in [-0.05, 0) is 60.5 Å². The van der Waals surface area contributed by atoms with Gasteiger partial charge in [-0.1, -0.05) is 17.7 Å². The zero-order valence-corrected chi connectivity index (χ0v) is 18.5. The lowest BCUT2D eigenvalue weighted by atomic mass is 10.1. The number of sulfone groups is 1. The Kier molecular flexibility index (Phi) is 5.55. The number of rotatable bonds is 6. The molecule has 1 atom stereocenters. The van der Waals surface area contributed by atoms with Gasteiger partial charge in [-0.15, -0.1) is 0 Å². The summed E-state index contributed by atoms with van der Waals surface area (Å²) in [7, 11) is -4.02. The van der Waals surface area contributed by atoms with Crippen molar-refractivity contribution in [1.29, 1.82) is 5.26 Å². The molecule has 1 aromatic carbocycles. The average Bonchev–Trinajstić information content (AvgIpc) is 3.36. The van der Waals surface area contributed by atoms with Gasteiger partial charge in [-0.3, -0.25) is 4.79 Å². The number of aliphatic carboxylic acids is 1. The average molecular weight is 468 g/mol. The molecule has 0 spiro atoms. The number of carboxylic acids is 1. The highest BCUT2D eigenvalue weighted by molar-refractivity contribution is 7.91. The van der Waals surface area contributed by atoms with Crippen LogP contribution in [0.2, 0.25) is 5.02 Å². The normalized spacial score (nSPS) is 12.5. The largest absolute Gasteiger partial charge is 0.481 e. The molecule has 32 heavy (non-hydrogen) atoms. The van der Waals surface area contributed by atoms with Crippen LogP contribution in [0.1, 0.15) is 33.3 Å². The Labute approximate surface area is 189 Å². The highest BCUT2D eigenvalue weighted by Gasteiger charge is 2.36. The van der Waals surface area contributed by atoms with Crippen LogP contribution in [-0.4, -0.2) is 28.9 Å². The zero-order chi connectivity index (χ0) is 23.0.